The Labute approximate surface area is 205 Å². The molecule has 1 unspecified atom stereocenters. The average molecular weight is 473 g/mol. The second kappa shape index (κ2) is 9.56. The van der Waals surface area contributed by atoms with E-state index in [2.05, 4.69) is 22.6 Å². The molecule has 1 atom stereocenters. The Morgan fingerprint density at radius 1 is 1.20 bits per heavy atom. The number of furan rings is 1. The number of carbonyl (C=O) groups excluding carboxylic acids is 2. The van der Waals surface area contributed by atoms with Gasteiger partial charge in [0.25, 0.3) is 5.91 Å². The number of aromatic nitrogens is 2. The first-order valence-corrected chi connectivity index (χ1v) is 12.4. The Morgan fingerprint density at radius 3 is 2.83 bits per heavy atom. The summed E-state index contributed by atoms with van der Waals surface area (Å²) in [5, 5.41) is 7.70. The number of nitrogens with zero attached hydrogens (tertiary/aromatic N) is 3. The number of carbonyl (C=O) groups is 2. The molecule has 1 aromatic carbocycles. The molecule has 1 N–H and O–H groups in total. The van der Waals surface area contributed by atoms with Crippen molar-refractivity contribution < 1.29 is 14.0 Å². The molecule has 7 nitrogen and oxygen atoms in total. The van der Waals surface area contributed by atoms with Gasteiger partial charge in [-0.3, -0.25) is 14.3 Å². The maximum atomic E-state index is 13.7. The first-order chi connectivity index (χ1) is 16.9. The van der Waals surface area contributed by atoms with Crippen LogP contribution in [0.25, 0.3) is 11.5 Å². The van der Waals surface area contributed by atoms with E-state index in [9.17, 15) is 9.59 Å². The van der Waals surface area contributed by atoms with E-state index < -0.39 is 5.54 Å². The van der Waals surface area contributed by atoms with Crippen molar-refractivity contribution in [2.75, 3.05) is 6.54 Å². The van der Waals surface area contributed by atoms with Crippen LogP contribution in [0.4, 0.5) is 0 Å². The molecule has 2 amide bonds. The van der Waals surface area contributed by atoms with Crippen molar-refractivity contribution in [3.8, 4) is 11.5 Å². The van der Waals surface area contributed by atoms with Gasteiger partial charge >= 0.3 is 0 Å². The minimum Gasteiger partial charge on any atom is -0.463 e. The molecule has 3 heterocycles. The van der Waals surface area contributed by atoms with Crippen LogP contribution in [0.1, 0.15) is 60.6 Å². The van der Waals surface area contributed by atoms with E-state index in [1.54, 1.807) is 28.0 Å². The molecule has 1 aliphatic carbocycles. The summed E-state index contributed by atoms with van der Waals surface area (Å²) in [4.78, 5) is 29.1. The number of allylic oxidation sites excluding steroid dienone is 1. The zero-order valence-electron chi connectivity index (χ0n) is 20.4. The Kier molecular flexibility index (Phi) is 6.32. The summed E-state index contributed by atoms with van der Waals surface area (Å²) >= 11 is 0. The number of aryl methyl sites for hydroxylation is 1. The second-order valence-electron chi connectivity index (χ2n) is 9.81. The molecule has 0 saturated carbocycles. The topological polar surface area (TPSA) is 80.4 Å². The molecule has 5 rings (SSSR count). The molecular weight excluding hydrogens is 440 g/mol. The molecule has 0 bridgehead atoms. The molecular formula is C28H32N4O3. The van der Waals surface area contributed by atoms with E-state index in [0.717, 1.165) is 30.4 Å². The molecule has 182 valence electrons. The van der Waals surface area contributed by atoms with Crippen molar-refractivity contribution in [1.82, 2.24) is 20.0 Å². The molecule has 0 spiro atoms. The van der Waals surface area contributed by atoms with Crippen LogP contribution in [0, 0.1) is 6.92 Å². The Balaban J connectivity index is 1.42. The molecule has 7 heteroatoms. The van der Waals surface area contributed by atoms with Crippen LogP contribution in [0.3, 0.4) is 0 Å². The van der Waals surface area contributed by atoms with Gasteiger partial charge in [-0.05, 0) is 63.6 Å². The zero-order valence-corrected chi connectivity index (χ0v) is 20.4. The summed E-state index contributed by atoms with van der Waals surface area (Å²) in [7, 11) is 0. The lowest BCUT2D eigenvalue weighted by molar-refractivity contribution is -0.133. The summed E-state index contributed by atoms with van der Waals surface area (Å²) in [6, 6.07) is 13.4. The summed E-state index contributed by atoms with van der Waals surface area (Å²) in [6.07, 6.45) is 9.24. The van der Waals surface area contributed by atoms with Gasteiger partial charge in [0.05, 0.1) is 12.8 Å². The van der Waals surface area contributed by atoms with E-state index in [4.69, 9.17) is 4.42 Å². The highest BCUT2D eigenvalue weighted by molar-refractivity contribution is 6.00. The molecule has 0 fully saturated rings. The minimum atomic E-state index is -1.06. The van der Waals surface area contributed by atoms with Crippen LogP contribution in [-0.2, 0) is 17.9 Å². The van der Waals surface area contributed by atoms with Crippen molar-refractivity contribution in [2.24, 2.45) is 0 Å². The van der Waals surface area contributed by atoms with Gasteiger partial charge in [-0.15, -0.1) is 0 Å². The molecule has 3 aromatic rings. The molecule has 1 aliphatic heterocycles. The standard InChI is InChI=1S/C28H32N4O3/c1-20-8-6-11-22(16-20)18-29-27(34)28(2)19-32-24(17-23(30-32)25-12-7-15-35-25)26(33)31(28)14-13-21-9-4-3-5-10-21/h6-9,11-12,15-17H,3-5,10,13-14,18-19H2,1-2H3,(H,29,34). The van der Waals surface area contributed by atoms with Crippen LogP contribution in [0.2, 0.25) is 0 Å². The van der Waals surface area contributed by atoms with Gasteiger partial charge in [0.1, 0.15) is 16.9 Å². The van der Waals surface area contributed by atoms with Gasteiger partial charge in [0.2, 0.25) is 5.91 Å². The third-order valence-electron chi connectivity index (χ3n) is 7.14. The predicted octanol–water partition coefficient (Wildman–Crippen LogP) is 4.87. The van der Waals surface area contributed by atoms with Crippen molar-refractivity contribution in [2.45, 2.75) is 64.6 Å². The number of benzene rings is 1. The van der Waals surface area contributed by atoms with Crippen LogP contribution in [0.5, 0.6) is 0 Å². The Morgan fingerprint density at radius 2 is 2.09 bits per heavy atom. The van der Waals surface area contributed by atoms with Crippen molar-refractivity contribution in [3.63, 3.8) is 0 Å². The molecule has 2 aliphatic rings. The summed E-state index contributed by atoms with van der Waals surface area (Å²) in [5.74, 6) is 0.251. The van der Waals surface area contributed by atoms with Crippen LogP contribution < -0.4 is 5.32 Å². The number of hydrogen-bond donors (Lipinski definition) is 1. The van der Waals surface area contributed by atoms with Crippen LogP contribution in [-0.4, -0.2) is 38.6 Å². The lowest BCUT2D eigenvalue weighted by Gasteiger charge is -2.43. The summed E-state index contributed by atoms with van der Waals surface area (Å²) in [6.45, 7) is 5.08. The molecule has 0 saturated heterocycles. The minimum absolute atomic E-state index is 0.175. The third kappa shape index (κ3) is 4.67. The zero-order chi connectivity index (χ0) is 24.4. The third-order valence-corrected chi connectivity index (χ3v) is 7.14. The number of amides is 2. The maximum absolute atomic E-state index is 13.7. The number of hydrogen-bond acceptors (Lipinski definition) is 4. The summed E-state index contributed by atoms with van der Waals surface area (Å²) in [5.41, 5.74) is 3.57. The highest BCUT2D eigenvalue weighted by Crippen LogP contribution is 2.31. The number of nitrogens with one attached hydrogen (secondary N) is 1. The van der Waals surface area contributed by atoms with Crippen LogP contribution >= 0.6 is 0 Å². The molecule has 2 aromatic heterocycles. The van der Waals surface area contributed by atoms with Gasteiger partial charge < -0.3 is 14.6 Å². The van der Waals surface area contributed by atoms with Crippen molar-refractivity contribution in [1.29, 1.82) is 0 Å². The van der Waals surface area contributed by atoms with Gasteiger partial charge in [-0.25, -0.2) is 0 Å². The van der Waals surface area contributed by atoms with Gasteiger partial charge in [-0.2, -0.15) is 5.10 Å². The fourth-order valence-corrected chi connectivity index (χ4v) is 5.12. The van der Waals surface area contributed by atoms with Gasteiger partial charge in [0.15, 0.2) is 5.76 Å². The predicted molar refractivity (Wildman–Crippen MR) is 134 cm³/mol. The van der Waals surface area contributed by atoms with Crippen molar-refractivity contribution >= 4 is 11.8 Å². The Hall–Kier alpha value is -3.61. The second-order valence-corrected chi connectivity index (χ2v) is 9.81. The van der Waals surface area contributed by atoms with E-state index in [1.807, 2.05) is 38.1 Å². The van der Waals surface area contributed by atoms with E-state index in [1.165, 1.54) is 18.4 Å². The maximum Gasteiger partial charge on any atom is 0.273 e. The average Bonchev–Trinajstić information content (AvgIpc) is 3.53. The lowest BCUT2D eigenvalue weighted by Crippen LogP contribution is -2.64. The highest BCUT2D eigenvalue weighted by Gasteiger charge is 2.47. The fraction of sp³-hybridized carbons (Fsp3) is 0.393. The smallest absolute Gasteiger partial charge is 0.273 e. The quantitative estimate of drug-likeness (QED) is 0.498. The van der Waals surface area contributed by atoms with Crippen LogP contribution in [0.15, 0.2) is 64.8 Å². The molecule has 35 heavy (non-hydrogen) atoms. The fourth-order valence-electron chi connectivity index (χ4n) is 5.12. The van der Waals surface area contributed by atoms with E-state index >= 15 is 0 Å². The first-order valence-electron chi connectivity index (χ1n) is 12.4. The number of fused-ring (bicyclic) bond motifs is 1. The van der Waals surface area contributed by atoms with E-state index in [0.29, 0.717) is 30.2 Å². The lowest BCUT2D eigenvalue weighted by atomic mass is 9.92. The van der Waals surface area contributed by atoms with Gasteiger partial charge in [-0.1, -0.05) is 41.5 Å². The normalized spacial score (nSPS) is 19.9. The SMILES string of the molecule is Cc1cccc(CNC(=O)C2(C)Cn3nc(-c4ccco4)cc3C(=O)N2CCC2=CCCCC2)c1. The first kappa shape index (κ1) is 23.1. The Bertz CT molecular complexity index is 1260. The summed E-state index contributed by atoms with van der Waals surface area (Å²) < 4.78 is 7.15. The molecule has 0 radical (unpaired) electrons. The van der Waals surface area contributed by atoms with Crippen molar-refractivity contribution in [3.05, 3.63) is 77.2 Å². The number of rotatable bonds is 7. The highest BCUT2D eigenvalue weighted by atomic mass is 16.3. The monoisotopic (exact) mass is 472 g/mol. The largest absolute Gasteiger partial charge is 0.463 e. The van der Waals surface area contributed by atoms with E-state index in [-0.39, 0.29) is 18.4 Å². The van der Waals surface area contributed by atoms with Gasteiger partial charge in [0, 0.05) is 19.2 Å².